The lowest BCUT2D eigenvalue weighted by Gasteiger charge is -2.09. The molecule has 0 amide bonds. The summed E-state index contributed by atoms with van der Waals surface area (Å²) in [5, 5.41) is 7.33. The van der Waals surface area contributed by atoms with Crippen molar-refractivity contribution in [2.45, 2.75) is 32.1 Å². The van der Waals surface area contributed by atoms with Crippen LogP contribution in [0.4, 0.5) is 0 Å². The lowest BCUT2D eigenvalue weighted by Crippen LogP contribution is -2.36. The van der Waals surface area contributed by atoms with Gasteiger partial charge >= 0.3 is 0 Å². The summed E-state index contributed by atoms with van der Waals surface area (Å²) in [5.74, 6) is 0. The lowest BCUT2D eigenvalue weighted by atomic mass is 10.4. The number of rotatable bonds is 3. The van der Waals surface area contributed by atoms with Gasteiger partial charge in [-0.2, -0.15) is 5.26 Å². The summed E-state index contributed by atoms with van der Waals surface area (Å²) >= 11 is 0. The van der Waals surface area contributed by atoms with E-state index in [0.29, 0.717) is 0 Å². The molecular formula is C6H12N2O2S. The molecule has 0 aliphatic heterocycles. The lowest BCUT2D eigenvalue weighted by molar-refractivity contribution is 0.565. The Morgan fingerprint density at radius 2 is 1.82 bits per heavy atom. The van der Waals surface area contributed by atoms with E-state index in [1.54, 1.807) is 19.9 Å². The van der Waals surface area contributed by atoms with Crippen molar-refractivity contribution in [3.63, 3.8) is 0 Å². The molecule has 11 heavy (non-hydrogen) atoms. The predicted octanol–water partition coefficient (Wildman–Crippen LogP) is 0.226. The highest BCUT2D eigenvalue weighted by Gasteiger charge is 2.20. The highest BCUT2D eigenvalue weighted by molar-refractivity contribution is 7.90. The fourth-order valence-corrected chi connectivity index (χ4v) is 1.50. The second kappa shape index (κ2) is 3.69. The van der Waals surface area contributed by atoms with Gasteiger partial charge in [0.1, 0.15) is 0 Å². The van der Waals surface area contributed by atoms with Crippen LogP contribution in [0.5, 0.6) is 0 Å². The molecular weight excluding hydrogens is 164 g/mol. The van der Waals surface area contributed by atoms with Crippen molar-refractivity contribution in [2.75, 3.05) is 0 Å². The van der Waals surface area contributed by atoms with Gasteiger partial charge < -0.3 is 0 Å². The van der Waals surface area contributed by atoms with Crippen LogP contribution in [0.1, 0.15) is 20.8 Å². The van der Waals surface area contributed by atoms with E-state index < -0.39 is 15.3 Å². The van der Waals surface area contributed by atoms with Crippen molar-refractivity contribution < 1.29 is 8.42 Å². The van der Waals surface area contributed by atoms with Crippen LogP contribution in [0, 0.1) is 11.3 Å². The SMILES string of the molecule is CC(C)NS(=O)(=O)C(C)C#N. The molecule has 0 bridgehead atoms. The minimum Gasteiger partial charge on any atom is -0.212 e. The van der Waals surface area contributed by atoms with E-state index in [-0.39, 0.29) is 6.04 Å². The summed E-state index contributed by atoms with van der Waals surface area (Å²) in [6.45, 7) is 4.77. The zero-order valence-electron chi connectivity index (χ0n) is 6.83. The molecule has 0 aliphatic carbocycles. The average Bonchev–Trinajstić information content (AvgIpc) is 1.83. The Morgan fingerprint density at radius 3 is 2.09 bits per heavy atom. The molecule has 0 saturated carbocycles. The third-order valence-corrected chi connectivity index (χ3v) is 2.88. The van der Waals surface area contributed by atoms with E-state index in [2.05, 4.69) is 4.72 Å². The first-order valence-electron chi connectivity index (χ1n) is 3.31. The Hall–Kier alpha value is -0.600. The molecule has 5 heteroatoms. The second-order valence-electron chi connectivity index (χ2n) is 2.59. The average molecular weight is 176 g/mol. The standard InChI is InChI=1S/C6H12N2O2S/c1-5(2)8-11(9,10)6(3)4-7/h5-6,8H,1-3H3. The maximum absolute atomic E-state index is 11.0. The summed E-state index contributed by atoms with van der Waals surface area (Å²) < 4.78 is 24.4. The summed E-state index contributed by atoms with van der Waals surface area (Å²) in [6, 6.07) is 1.50. The van der Waals surface area contributed by atoms with Crippen LogP contribution in [0.15, 0.2) is 0 Å². The summed E-state index contributed by atoms with van der Waals surface area (Å²) in [4.78, 5) is 0. The molecule has 0 spiro atoms. The van der Waals surface area contributed by atoms with E-state index in [1.807, 2.05) is 0 Å². The van der Waals surface area contributed by atoms with Crippen LogP contribution >= 0.6 is 0 Å². The smallest absolute Gasteiger partial charge is 0.212 e. The van der Waals surface area contributed by atoms with Crippen molar-refractivity contribution >= 4 is 10.0 Å². The monoisotopic (exact) mass is 176 g/mol. The molecule has 4 nitrogen and oxygen atoms in total. The van der Waals surface area contributed by atoms with Crippen LogP contribution in [0.25, 0.3) is 0 Å². The molecule has 0 aromatic heterocycles. The Morgan fingerprint density at radius 1 is 1.36 bits per heavy atom. The maximum atomic E-state index is 11.0. The fraction of sp³-hybridized carbons (Fsp3) is 0.833. The first-order valence-corrected chi connectivity index (χ1v) is 4.85. The predicted molar refractivity (Wildman–Crippen MR) is 42.3 cm³/mol. The molecule has 0 aromatic rings. The van der Waals surface area contributed by atoms with Crippen molar-refractivity contribution in [1.29, 1.82) is 5.26 Å². The van der Waals surface area contributed by atoms with Crippen molar-refractivity contribution in [2.24, 2.45) is 0 Å². The molecule has 0 fully saturated rings. The van der Waals surface area contributed by atoms with Gasteiger partial charge in [0.15, 0.2) is 5.25 Å². The van der Waals surface area contributed by atoms with E-state index in [1.165, 1.54) is 6.92 Å². The van der Waals surface area contributed by atoms with E-state index >= 15 is 0 Å². The molecule has 0 saturated heterocycles. The van der Waals surface area contributed by atoms with E-state index in [4.69, 9.17) is 5.26 Å². The zero-order chi connectivity index (χ0) is 9.07. The molecule has 0 aliphatic rings. The van der Waals surface area contributed by atoms with Gasteiger partial charge in [-0.3, -0.25) is 0 Å². The van der Waals surface area contributed by atoms with Gasteiger partial charge in [0.2, 0.25) is 10.0 Å². The van der Waals surface area contributed by atoms with Gasteiger partial charge in [0.25, 0.3) is 0 Å². The summed E-state index contributed by atoms with van der Waals surface area (Å²) in [7, 11) is -3.42. The topological polar surface area (TPSA) is 70.0 Å². The fourth-order valence-electron chi connectivity index (χ4n) is 0.500. The third kappa shape index (κ3) is 3.35. The van der Waals surface area contributed by atoms with Gasteiger partial charge in [-0.25, -0.2) is 13.1 Å². The zero-order valence-corrected chi connectivity index (χ0v) is 7.64. The van der Waals surface area contributed by atoms with Gasteiger partial charge in [-0.05, 0) is 20.8 Å². The molecule has 0 rings (SSSR count). The van der Waals surface area contributed by atoms with Crippen LogP contribution in [-0.4, -0.2) is 19.7 Å². The number of nitriles is 1. The number of hydrogen-bond donors (Lipinski definition) is 1. The van der Waals surface area contributed by atoms with Crippen LogP contribution in [0.2, 0.25) is 0 Å². The first-order chi connectivity index (χ1) is 4.90. The minimum atomic E-state index is -3.42. The largest absolute Gasteiger partial charge is 0.227 e. The van der Waals surface area contributed by atoms with Crippen LogP contribution in [0.3, 0.4) is 0 Å². The molecule has 0 radical (unpaired) electrons. The second-order valence-corrected chi connectivity index (χ2v) is 4.62. The molecule has 0 heterocycles. The Bertz CT molecular complexity index is 250. The third-order valence-electron chi connectivity index (χ3n) is 1.05. The Labute approximate surface area is 67.3 Å². The molecule has 1 unspecified atom stereocenters. The van der Waals surface area contributed by atoms with Gasteiger partial charge in [-0.1, -0.05) is 0 Å². The first kappa shape index (κ1) is 10.4. The summed E-state index contributed by atoms with van der Waals surface area (Å²) in [5.41, 5.74) is 0. The molecule has 64 valence electrons. The van der Waals surface area contributed by atoms with Crippen molar-refractivity contribution in [3.8, 4) is 6.07 Å². The Kier molecular flexibility index (Phi) is 3.49. The van der Waals surface area contributed by atoms with Gasteiger partial charge in [0.05, 0.1) is 6.07 Å². The van der Waals surface area contributed by atoms with Crippen molar-refractivity contribution in [3.05, 3.63) is 0 Å². The molecule has 1 N–H and O–H groups in total. The van der Waals surface area contributed by atoms with E-state index in [0.717, 1.165) is 0 Å². The minimum absolute atomic E-state index is 0.157. The molecule has 0 aromatic carbocycles. The highest BCUT2D eigenvalue weighted by atomic mass is 32.2. The number of nitrogens with one attached hydrogen (secondary N) is 1. The highest BCUT2D eigenvalue weighted by Crippen LogP contribution is 1.97. The van der Waals surface area contributed by atoms with Crippen molar-refractivity contribution in [1.82, 2.24) is 4.72 Å². The van der Waals surface area contributed by atoms with Crippen LogP contribution < -0.4 is 4.72 Å². The quantitative estimate of drug-likeness (QED) is 0.669. The van der Waals surface area contributed by atoms with Gasteiger partial charge in [-0.15, -0.1) is 0 Å². The maximum Gasteiger partial charge on any atom is 0.227 e. The Balaban J connectivity index is 4.39. The molecule has 1 atom stereocenters. The number of sulfonamides is 1. The normalized spacial score (nSPS) is 14.5. The summed E-state index contributed by atoms with van der Waals surface area (Å²) in [6.07, 6.45) is 0. The number of hydrogen-bond acceptors (Lipinski definition) is 3. The van der Waals surface area contributed by atoms with Crippen LogP contribution in [-0.2, 0) is 10.0 Å². The number of nitrogens with zero attached hydrogens (tertiary/aromatic N) is 1. The van der Waals surface area contributed by atoms with Gasteiger partial charge in [0, 0.05) is 6.04 Å². The van der Waals surface area contributed by atoms with E-state index in [9.17, 15) is 8.42 Å².